The second-order valence-corrected chi connectivity index (χ2v) is 4.32. The standard InChI is InChI=1S/C14H11F3N4O2/c15-14(16,17)10-6-4-9(5-7-10)12(22)19-13(23)21-20-11-3-1-2-8-18-11/h1-8H,(H,18,20)(H2,19,21,22,23). The van der Waals surface area contributed by atoms with Crippen LogP contribution in [0, 0.1) is 0 Å². The van der Waals surface area contributed by atoms with E-state index in [1.54, 1.807) is 18.2 Å². The number of alkyl halides is 3. The molecule has 9 heteroatoms. The number of benzene rings is 1. The monoisotopic (exact) mass is 324 g/mol. The predicted molar refractivity (Wildman–Crippen MR) is 75.3 cm³/mol. The lowest BCUT2D eigenvalue weighted by molar-refractivity contribution is -0.137. The van der Waals surface area contributed by atoms with Crippen molar-refractivity contribution in [1.29, 1.82) is 0 Å². The van der Waals surface area contributed by atoms with E-state index in [0.717, 1.165) is 24.3 Å². The first-order chi connectivity index (χ1) is 10.9. The van der Waals surface area contributed by atoms with E-state index in [2.05, 4.69) is 15.8 Å². The SMILES string of the molecule is O=C(NNc1ccccn1)NC(=O)c1ccc(C(F)(F)F)cc1. The molecule has 1 aromatic heterocycles. The highest BCUT2D eigenvalue weighted by molar-refractivity contribution is 6.04. The summed E-state index contributed by atoms with van der Waals surface area (Å²) in [5, 5.41) is 1.96. The Bertz CT molecular complexity index is 687. The van der Waals surface area contributed by atoms with Gasteiger partial charge in [0.05, 0.1) is 5.56 Å². The fourth-order valence-electron chi connectivity index (χ4n) is 1.57. The Morgan fingerprint density at radius 1 is 1.00 bits per heavy atom. The summed E-state index contributed by atoms with van der Waals surface area (Å²) >= 11 is 0. The third-order valence-corrected chi connectivity index (χ3v) is 2.67. The second-order valence-electron chi connectivity index (χ2n) is 4.32. The minimum atomic E-state index is -4.49. The number of urea groups is 1. The van der Waals surface area contributed by atoms with E-state index in [1.807, 2.05) is 5.32 Å². The van der Waals surface area contributed by atoms with Gasteiger partial charge in [0.15, 0.2) is 0 Å². The van der Waals surface area contributed by atoms with Crippen molar-refractivity contribution in [3.05, 3.63) is 59.8 Å². The molecule has 1 heterocycles. The highest BCUT2D eigenvalue weighted by atomic mass is 19.4. The lowest BCUT2D eigenvalue weighted by Crippen LogP contribution is -2.42. The first kappa shape index (κ1) is 16.3. The summed E-state index contributed by atoms with van der Waals surface area (Å²) in [7, 11) is 0. The van der Waals surface area contributed by atoms with Crippen LogP contribution in [-0.2, 0) is 6.18 Å². The molecule has 23 heavy (non-hydrogen) atoms. The van der Waals surface area contributed by atoms with Gasteiger partial charge in [0, 0.05) is 11.8 Å². The first-order valence-corrected chi connectivity index (χ1v) is 6.32. The minimum absolute atomic E-state index is 0.0778. The van der Waals surface area contributed by atoms with Gasteiger partial charge in [0.1, 0.15) is 5.82 Å². The summed E-state index contributed by atoms with van der Waals surface area (Å²) in [6, 6.07) is 7.56. The number of hydrogen-bond acceptors (Lipinski definition) is 4. The van der Waals surface area contributed by atoms with Crippen molar-refractivity contribution in [2.24, 2.45) is 0 Å². The van der Waals surface area contributed by atoms with E-state index in [9.17, 15) is 22.8 Å². The Balaban J connectivity index is 1.89. The van der Waals surface area contributed by atoms with Crippen molar-refractivity contribution in [3.63, 3.8) is 0 Å². The molecule has 120 valence electrons. The number of rotatable bonds is 3. The lowest BCUT2D eigenvalue weighted by atomic mass is 10.1. The molecule has 2 rings (SSSR count). The van der Waals surface area contributed by atoms with E-state index in [1.165, 1.54) is 6.20 Å². The maximum absolute atomic E-state index is 12.4. The fraction of sp³-hybridized carbons (Fsp3) is 0.0714. The van der Waals surface area contributed by atoms with Gasteiger partial charge < -0.3 is 0 Å². The van der Waals surface area contributed by atoms with Gasteiger partial charge in [0.2, 0.25) is 0 Å². The average Bonchev–Trinajstić information content (AvgIpc) is 2.53. The van der Waals surface area contributed by atoms with E-state index < -0.39 is 23.7 Å². The topological polar surface area (TPSA) is 83.1 Å². The molecule has 0 aliphatic carbocycles. The van der Waals surface area contributed by atoms with Crippen LogP contribution in [0.25, 0.3) is 0 Å². The summed E-state index contributed by atoms with van der Waals surface area (Å²) in [6.07, 6.45) is -2.99. The van der Waals surface area contributed by atoms with Crippen molar-refractivity contribution in [2.75, 3.05) is 5.43 Å². The van der Waals surface area contributed by atoms with Gasteiger partial charge in [-0.05, 0) is 36.4 Å². The van der Waals surface area contributed by atoms with Gasteiger partial charge in [-0.2, -0.15) is 13.2 Å². The highest BCUT2D eigenvalue weighted by Crippen LogP contribution is 2.28. The van der Waals surface area contributed by atoms with Crippen LogP contribution in [0.3, 0.4) is 0 Å². The van der Waals surface area contributed by atoms with Crippen molar-refractivity contribution < 1.29 is 22.8 Å². The molecular weight excluding hydrogens is 313 g/mol. The molecule has 1 aromatic carbocycles. The molecule has 6 nitrogen and oxygen atoms in total. The summed E-state index contributed by atoms with van der Waals surface area (Å²) in [5.41, 5.74) is 3.67. The Morgan fingerprint density at radius 2 is 1.70 bits per heavy atom. The van der Waals surface area contributed by atoms with Gasteiger partial charge in [-0.3, -0.25) is 15.5 Å². The van der Waals surface area contributed by atoms with Crippen LogP contribution in [0.5, 0.6) is 0 Å². The van der Waals surface area contributed by atoms with Gasteiger partial charge >= 0.3 is 12.2 Å². The third kappa shape index (κ3) is 4.70. The normalized spacial score (nSPS) is 10.7. The number of hydrazine groups is 1. The van der Waals surface area contributed by atoms with Crippen LogP contribution >= 0.6 is 0 Å². The molecule has 0 aliphatic heterocycles. The number of hydrogen-bond donors (Lipinski definition) is 3. The van der Waals surface area contributed by atoms with Gasteiger partial charge in [0.25, 0.3) is 5.91 Å². The van der Waals surface area contributed by atoms with E-state index in [4.69, 9.17) is 0 Å². The summed E-state index contributed by atoms with van der Waals surface area (Å²) in [6.45, 7) is 0. The summed E-state index contributed by atoms with van der Waals surface area (Å²) in [5.74, 6) is -0.483. The van der Waals surface area contributed by atoms with Crippen LogP contribution < -0.4 is 16.2 Å². The molecule has 0 unspecified atom stereocenters. The number of pyridine rings is 1. The molecule has 0 radical (unpaired) electrons. The number of halogens is 3. The zero-order valence-electron chi connectivity index (χ0n) is 11.5. The van der Waals surface area contributed by atoms with Crippen molar-refractivity contribution in [1.82, 2.24) is 15.7 Å². The molecule has 0 spiro atoms. The molecule has 0 fully saturated rings. The zero-order chi connectivity index (χ0) is 16.9. The number of anilines is 1. The summed E-state index contributed by atoms with van der Waals surface area (Å²) in [4.78, 5) is 27.1. The van der Waals surface area contributed by atoms with Crippen LogP contribution in [-0.4, -0.2) is 16.9 Å². The quantitative estimate of drug-likeness (QED) is 0.758. The Hall–Kier alpha value is -3.10. The molecule has 0 aliphatic rings. The van der Waals surface area contributed by atoms with Crippen molar-refractivity contribution in [3.8, 4) is 0 Å². The molecule has 3 amide bonds. The smallest absolute Gasteiger partial charge is 0.280 e. The number of amides is 3. The fourth-order valence-corrected chi connectivity index (χ4v) is 1.57. The number of carbonyl (C=O) groups excluding carboxylic acids is 2. The van der Waals surface area contributed by atoms with Crippen molar-refractivity contribution in [2.45, 2.75) is 6.18 Å². The average molecular weight is 324 g/mol. The molecule has 0 atom stereocenters. The molecule has 2 aromatic rings. The highest BCUT2D eigenvalue weighted by Gasteiger charge is 2.30. The lowest BCUT2D eigenvalue weighted by Gasteiger charge is -2.09. The Labute approximate surface area is 128 Å². The predicted octanol–water partition coefficient (Wildman–Crippen LogP) is 2.57. The maximum Gasteiger partial charge on any atom is 0.416 e. The number of imide groups is 1. The van der Waals surface area contributed by atoms with E-state index in [0.29, 0.717) is 5.82 Å². The third-order valence-electron chi connectivity index (χ3n) is 2.67. The molecular formula is C14H11F3N4O2. The summed E-state index contributed by atoms with van der Waals surface area (Å²) < 4.78 is 37.2. The van der Waals surface area contributed by atoms with E-state index in [-0.39, 0.29) is 5.56 Å². The van der Waals surface area contributed by atoms with E-state index >= 15 is 0 Å². The Morgan fingerprint density at radius 3 is 2.26 bits per heavy atom. The van der Waals surface area contributed by atoms with Gasteiger partial charge in [-0.15, -0.1) is 0 Å². The minimum Gasteiger partial charge on any atom is -0.280 e. The molecule has 0 bridgehead atoms. The zero-order valence-corrected chi connectivity index (χ0v) is 11.5. The molecule has 0 saturated heterocycles. The van der Waals surface area contributed by atoms with Crippen molar-refractivity contribution >= 4 is 17.8 Å². The first-order valence-electron chi connectivity index (χ1n) is 6.32. The van der Waals surface area contributed by atoms with Crippen LogP contribution in [0.2, 0.25) is 0 Å². The number of carbonyl (C=O) groups is 2. The number of aromatic nitrogens is 1. The van der Waals surface area contributed by atoms with Gasteiger partial charge in [-0.1, -0.05) is 6.07 Å². The second kappa shape index (κ2) is 6.77. The Kier molecular flexibility index (Phi) is 4.79. The number of nitrogens with one attached hydrogen (secondary N) is 3. The maximum atomic E-state index is 12.4. The molecule has 0 saturated carbocycles. The molecule has 3 N–H and O–H groups in total. The van der Waals surface area contributed by atoms with Crippen LogP contribution in [0.4, 0.5) is 23.8 Å². The number of nitrogens with zero attached hydrogens (tertiary/aromatic N) is 1. The van der Waals surface area contributed by atoms with Crippen LogP contribution in [0.1, 0.15) is 15.9 Å². The largest absolute Gasteiger partial charge is 0.416 e. The van der Waals surface area contributed by atoms with Gasteiger partial charge in [-0.25, -0.2) is 15.2 Å². The van der Waals surface area contributed by atoms with Crippen LogP contribution in [0.15, 0.2) is 48.7 Å².